The molecule has 1 aliphatic rings. The van der Waals surface area contributed by atoms with Crippen molar-refractivity contribution in [2.75, 3.05) is 25.1 Å². The molecule has 0 bridgehead atoms. The van der Waals surface area contributed by atoms with Crippen molar-refractivity contribution in [3.05, 3.63) is 29.8 Å². The fourth-order valence-electron chi connectivity index (χ4n) is 1.98. The van der Waals surface area contributed by atoms with Gasteiger partial charge in [-0.15, -0.1) is 0 Å². The molecule has 1 aromatic carbocycles. The molecule has 1 atom stereocenters. The summed E-state index contributed by atoms with van der Waals surface area (Å²) in [6, 6.07) is 6.36. The number of aliphatic hydroxyl groups excluding tert-OH is 1. The van der Waals surface area contributed by atoms with Gasteiger partial charge in [0.15, 0.2) is 6.10 Å². The lowest BCUT2D eigenvalue weighted by molar-refractivity contribution is -0.150. The number of methoxy groups -OCH3 is 1. The van der Waals surface area contributed by atoms with Gasteiger partial charge in [0, 0.05) is 5.56 Å². The smallest absolute Gasteiger partial charge is 0.339 e. The van der Waals surface area contributed by atoms with Crippen LogP contribution < -0.4 is 10.2 Å². The standard InChI is InChI=1S/C13H14N2O5/c1-20-13(19)12(18)8-4-2-3-5-9(8)15-7-10(16)14-6-11(15)17/h2-5,12,18H,6-7H2,1H3,(H,14,16). The Hall–Kier alpha value is -2.41. The van der Waals surface area contributed by atoms with Gasteiger partial charge in [-0.1, -0.05) is 18.2 Å². The second-order valence-electron chi connectivity index (χ2n) is 4.24. The van der Waals surface area contributed by atoms with E-state index in [0.717, 1.165) is 7.11 Å². The van der Waals surface area contributed by atoms with Crippen LogP contribution in [0.1, 0.15) is 11.7 Å². The number of amides is 2. The highest BCUT2D eigenvalue weighted by Crippen LogP contribution is 2.27. The van der Waals surface area contributed by atoms with Crippen molar-refractivity contribution in [1.82, 2.24) is 5.32 Å². The lowest BCUT2D eigenvalue weighted by Gasteiger charge is -2.29. The van der Waals surface area contributed by atoms with E-state index in [2.05, 4.69) is 10.1 Å². The molecule has 20 heavy (non-hydrogen) atoms. The van der Waals surface area contributed by atoms with Gasteiger partial charge in [-0.05, 0) is 6.07 Å². The topological polar surface area (TPSA) is 95.9 Å². The number of carbonyl (C=O) groups excluding carboxylic acids is 3. The maximum atomic E-state index is 11.9. The van der Waals surface area contributed by atoms with Gasteiger partial charge in [-0.2, -0.15) is 0 Å². The fourth-order valence-corrected chi connectivity index (χ4v) is 1.98. The normalized spacial score (nSPS) is 16.6. The van der Waals surface area contributed by atoms with Crippen LogP contribution in [0.2, 0.25) is 0 Å². The van der Waals surface area contributed by atoms with Crippen molar-refractivity contribution >= 4 is 23.5 Å². The SMILES string of the molecule is COC(=O)C(O)c1ccccc1N1CC(=O)NCC1=O. The van der Waals surface area contributed by atoms with Crippen LogP contribution in [0.5, 0.6) is 0 Å². The fraction of sp³-hybridized carbons (Fsp3) is 0.308. The average Bonchev–Trinajstić information content (AvgIpc) is 2.48. The van der Waals surface area contributed by atoms with Crippen LogP contribution in [-0.2, 0) is 19.1 Å². The number of esters is 1. The Bertz CT molecular complexity index is 557. The van der Waals surface area contributed by atoms with Gasteiger partial charge in [-0.25, -0.2) is 4.79 Å². The maximum absolute atomic E-state index is 11.9. The Balaban J connectivity index is 2.39. The van der Waals surface area contributed by atoms with Gasteiger partial charge in [0.05, 0.1) is 19.3 Å². The molecule has 2 N–H and O–H groups in total. The number of ether oxygens (including phenoxy) is 1. The zero-order chi connectivity index (χ0) is 14.7. The predicted octanol–water partition coefficient (Wildman–Crippen LogP) is -0.644. The number of piperazine rings is 1. The lowest BCUT2D eigenvalue weighted by Crippen LogP contribution is -2.52. The average molecular weight is 278 g/mol. The molecule has 2 rings (SSSR count). The van der Waals surface area contributed by atoms with Crippen molar-refractivity contribution < 1.29 is 24.2 Å². The van der Waals surface area contributed by atoms with E-state index in [1.165, 1.54) is 11.0 Å². The third-order valence-corrected chi connectivity index (χ3v) is 2.99. The monoisotopic (exact) mass is 278 g/mol. The molecule has 7 heteroatoms. The summed E-state index contributed by atoms with van der Waals surface area (Å²) in [4.78, 5) is 35.9. The van der Waals surface area contributed by atoms with Gasteiger partial charge in [0.25, 0.3) is 0 Å². The van der Waals surface area contributed by atoms with Crippen LogP contribution in [0.25, 0.3) is 0 Å². The first-order chi connectivity index (χ1) is 9.54. The van der Waals surface area contributed by atoms with Gasteiger partial charge in [-0.3, -0.25) is 9.59 Å². The Morgan fingerprint density at radius 2 is 2.10 bits per heavy atom. The molecule has 1 heterocycles. The zero-order valence-electron chi connectivity index (χ0n) is 10.8. The Morgan fingerprint density at radius 1 is 1.40 bits per heavy atom. The first-order valence-electron chi connectivity index (χ1n) is 5.96. The number of anilines is 1. The van der Waals surface area contributed by atoms with Crippen molar-refractivity contribution in [2.24, 2.45) is 0 Å². The number of aliphatic hydroxyl groups is 1. The highest BCUT2D eigenvalue weighted by molar-refractivity contribution is 6.05. The number of nitrogens with one attached hydrogen (secondary N) is 1. The molecule has 0 saturated carbocycles. The largest absolute Gasteiger partial charge is 0.467 e. The number of hydrogen-bond donors (Lipinski definition) is 2. The minimum atomic E-state index is -1.51. The summed E-state index contributed by atoms with van der Waals surface area (Å²) in [6.45, 7) is -0.259. The predicted molar refractivity (Wildman–Crippen MR) is 68.8 cm³/mol. The molecule has 1 fully saturated rings. The maximum Gasteiger partial charge on any atom is 0.339 e. The summed E-state index contributed by atoms with van der Waals surface area (Å²) in [5.74, 6) is -1.44. The molecule has 2 amide bonds. The highest BCUT2D eigenvalue weighted by Gasteiger charge is 2.29. The lowest BCUT2D eigenvalue weighted by atomic mass is 10.1. The second kappa shape index (κ2) is 5.70. The minimum absolute atomic E-state index is 0.110. The summed E-state index contributed by atoms with van der Waals surface area (Å²) >= 11 is 0. The van der Waals surface area contributed by atoms with E-state index in [9.17, 15) is 19.5 Å². The number of hydrogen-bond acceptors (Lipinski definition) is 5. The van der Waals surface area contributed by atoms with Crippen LogP contribution in [-0.4, -0.2) is 43.1 Å². The Morgan fingerprint density at radius 3 is 2.80 bits per heavy atom. The summed E-state index contributed by atoms with van der Waals surface area (Å²) in [5, 5.41) is 12.4. The summed E-state index contributed by atoms with van der Waals surface area (Å²) in [7, 11) is 1.16. The van der Waals surface area contributed by atoms with E-state index in [-0.39, 0.29) is 30.5 Å². The van der Waals surface area contributed by atoms with Crippen molar-refractivity contribution in [2.45, 2.75) is 6.10 Å². The molecule has 1 saturated heterocycles. The van der Waals surface area contributed by atoms with Crippen LogP contribution in [0.3, 0.4) is 0 Å². The van der Waals surface area contributed by atoms with Gasteiger partial charge >= 0.3 is 5.97 Å². The number of benzene rings is 1. The Kier molecular flexibility index (Phi) is 3.99. The molecule has 0 aromatic heterocycles. The minimum Gasteiger partial charge on any atom is -0.467 e. The van der Waals surface area contributed by atoms with Crippen LogP contribution in [0, 0.1) is 0 Å². The molecule has 0 radical (unpaired) electrons. The molecule has 0 spiro atoms. The number of rotatable bonds is 3. The van der Waals surface area contributed by atoms with Crippen LogP contribution in [0.15, 0.2) is 24.3 Å². The first-order valence-corrected chi connectivity index (χ1v) is 5.96. The van der Waals surface area contributed by atoms with Gasteiger partial charge in [0.1, 0.15) is 6.54 Å². The molecular weight excluding hydrogens is 264 g/mol. The second-order valence-corrected chi connectivity index (χ2v) is 4.24. The third kappa shape index (κ3) is 2.62. The number of carbonyl (C=O) groups is 3. The summed E-state index contributed by atoms with van der Waals surface area (Å²) in [6.07, 6.45) is -1.51. The van der Waals surface area contributed by atoms with Gasteiger partial charge in [0.2, 0.25) is 11.8 Å². The summed E-state index contributed by atoms with van der Waals surface area (Å²) in [5.41, 5.74) is 0.549. The van der Waals surface area contributed by atoms with E-state index in [1.54, 1.807) is 18.2 Å². The number of para-hydroxylation sites is 1. The van der Waals surface area contributed by atoms with E-state index < -0.39 is 12.1 Å². The summed E-state index contributed by atoms with van der Waals surface area (Å²) < 4.78 is 4.49. The molecule has 0 aliphatic carbocycles. The van der Waals surface area contributed by atoms with Crippen molar-refractivity contribution in [3.8, 4) is 0 Å². The molecule has 7 nitrogen and oxygen atoms in total. The van der Waals surface area contributed by atoms with Gasteiger partial charge < -0.3 is 20.1 Å². The quantitative estimate of drug-likeness (QED) is 0.717. The van der Waals surface area contributed by atoms with E-state index in [1.807, 2.05) is 0 Å². The van der Waals surface area contributed by atoms with Crippen molar-refractivity contribution in [3.63, 3.8) is 0 Å². The van der Waals surface area contributed by atoms with E-state index in [0.29, 0.717) is 5.69 Å². The zero-order valence-corrected chi connectivity index (χ0v) is 10.8. The molecular formula is C13H14N2O5. The molecule has 1 aliphatic heterocycles. The van der Waals surface area contributed by atoms with E-state index >= 15 is 0 Å². The van der Waals surface area contributed by atoms with Crippen LogP contribution >= 0.6 is 0 Å². The van der Waals surface area contributed by atoms with Crippen LogP contribution in [0.4, 0.5) is 5.69 Å². The highest BCUT2D eigenvalue weighted by atomic mass is 16.5. The third-order valence-electron chi connectivity index (χ3n) is 2.99. The van der Waals surface area contributed by atoms with Crippen molar-refractivity contribution in [1.29, 1.82) is 0 Å². The first kappa shape index (κ1) is 14.0. The Labute approximate surface area is 115 Å². The van der Waals surface area contributed by atoms with E-state index in [4.69, 9.17) is 0 Å². The molecule has 106 valence electrons. The molecule has 1 aromatic rings. The molecule has 1 unspecified atom stereocenters. The number of nitrogens with zero attached hydrogens (tertiary/aromatic N) is 1.